The zero-order chi connectivity index (χ0) is 17.7. The third-order valence-electron chi connectivity index (χ3n) is 6.13. The van der Waals surface area contributed by atoms with Crippen LogP contribution in [0.15, 0.2) is 18.6 Å². The number of hydrogen-bond acceptors (Lipinski definition) is 4. The lowest BCUT2D eigenvalue weighted by Gasteiger charge is -2.23. The van der Waals surface area contributed by atoms with Crippen molar-refractivity contribution in [1.29, 1.82) is 0 Å². The topological polar surface area (TPSA) is 80.1 Å². The van der Waals surface area contributed by atoms with Gasteiger partial charge >= 0.3 is 0 Å². The maximum Gasteiger partial charge on any atom is 0.255 e. The second kappa shape index (κ2) is 6.07. The van der Waals surface area contributed by atoms with E-state index in [9.17, 15) is 9.59 Å². The maximum absolute atomic E-state index is 13.0. The van der Waals surface area contributed by atoms with Crippen molar-refractivity contribution in [2.24, 2.45) is 5.92 Å². The highest BCUT2D eigenvalue weighted by molar-refractivity contribution is 5.97. The fourth-order valence-electron chi connectivity index (χ4n) is 4.68. The first-order valence-electron chi connectivity index (χ1n) is 9.61. The summed E-state index contributed by atoms with van der Waals surface area (Å²) in [5, 5.41) is 3.01. The molecule has 2 aromatic rings. The lowest BCUT2D eigenvalue weighted by molar-refractivity contribution is -0.126. The van der Waals surface area contributed by atoms with Gasteiger partial charge in [-0.3, -0.25) is 9.59 Å². The molecule has 0 unspecified atom stereocenters. The average Bonchev–Trinajstić information content (AvgIpc) is 3.23. The van der Waals surface area contributed by atoms with Gasteiger partial charge in [-0.2, -0.15) is 0 Å². The minimum absolute atomic E-state index is 0.0526. The van der Waals surface area contributed by atoms with Crippen LogP contribution in [0, 0.1) is 5.92 Å². The molecule has 3 saturated heterocycles. The summed E-state index contributed by atoms with van der Waals surface area (Å²) in [6.07, 6.45) is 10.2. The largest absolute Gasteiger partial charge is 0.351 e. The number of aromatic nitrogens is 3. The molecule has 4 fully saturated rings. The van der Waals surface area contributed by atoms with Crippen LogP contribution in [-0.4, -0.2) is 50.4 Å². The Bertz CT molecular complexity index is 870. The molecule has 1 saturated carbocycles. The van der Waals surface area contributed by atoms with Crippen molar-refractivity contribution < 1.29 is 9.59 Å². The van der Waals surface area contributed by atoms with Gasteiger partial charge in [0.2, 0.25) is 5.91 Å². The van der Waals surface area contributed by atoms with Gasteiger partial charge in [0.1, 0.15) is 5.52 Å². The van der Waals surface area contributed by atoms with E-state index >= 15 is 0 Å². The number of carbonyl (C=O) groups is 2. The number of amides is 2. The van der Waals surface area contributed by atoms with Gasteiger partial charge in [-0.25, -0.2) is 9.97 Å². The Morgan fingerprint density at radius 2 is 1.96 bits per heavy atom. The Kier molecular flexibility index (Phi) is 3.69. The Hall–Kier alpha value is -2.44. The molecular weight excluding hydrogens is 330 g/mol. The summed E-state index contributed by atoms with van der Waals surface area (Å²) in [4.78, 5) is 35.9. The van der Waals surface area contributed by atoms with E-state index in [1.54, 1.807) is 11.1 Å². The monoisotopic (exact) mass is 353 g/mol. The summed E-state index contributed by atoms with van der Waals surface area (Å²) in [7, 11) is 0. The molecule has 0 aromatic carbocycles. The van der Waals surface area contributed by atoms with Crippen molar-refractivity contribution in [1.82, 2.24) is 24.8 Å². The first kappa shape index (κ1) is 15.8. The van der Waals surface area contributed by atoms with Crippen LogP contribution in [-0.2, 0) is 4.79 Å². The van der Waals surface area contributed by atoms with Gasteiger partial charge in [0.05, 0.1) is 17.8 Å². The second-order valence-electron chi connectivity index (χ2n) is 7.85. The van der Waals surface area contributed by atoms with Gasteiger partial charge in [-0.05, 0) is 31.7 Å². The van der Waals surface area contributed by atoms with Crippen molar-refractivity contribution in [2.75, 3.05) is 13.1 Å². The van der Waals surface area contributed by atoms with Crippen LogP contribution in [0.2, 0.25) is 0 Å². The molecule has 0 spiro atoms. The fraction of sp³-hybridized carbons (Fsp3) is 0.579. The van der Waals surface area contributed by atoms with Crippen molar-refractivity contribution in [3.05, 3.63) is 24.2 Å². The molecule has 4 aliphatic rings. The molecule has 1 N–H and O–H groups in total. The van der Waals surface area contributed by atoms with E-state index < -0.39 is 0 Å². The first-order chi connectivity index (χ1) is 12.7. The summed E-state index contributed by atoms with van der Waals surface area (Å²) in [5.74, 6) is -0.0559. The number of pyridine rings is 1. The van der Waals surface area contributed by atoms with Gasteiger partial charge in [0.15, 0.2) is 5.65 Å². The minimum Gasteiger partial charge on any atom is -0.351 e. The predicted octanol–water partition coefficient (Wildman–Crippen LogP) is 1.90. The number of nitrogens with one attached hydrogen (secondary N) is 1. The van der Waals surface area contributed by atoms with Crippen LogP contribution in [0.25, 0.3) is 11.2 Å². The quantitative estimate of drug-likeness (QED) is 0.894. The Morgan fingerprint density at radius 3 is 2.77 bits per heavy atom. The van der Waals surface area contributed by atoms with E-state index in [1.807, 2.05) is 12.4 Å². The molecule has 0 radical (unpaired) electrons. The molecular formula is C19H23N5O2. The van der Waals surface area contributed by atoms with Gasteiger partial charge < -0.3 is 14.8 Å². The average molecular weight is 353 g/mol. The molecule has 136 valence electrons. The van der Waals surface area contributed by atoms with E-state index in [1.165, 1.54) is 25.7 Å². The fourth-order valence-corrected chi connectivity index (χ4v) is 4.68. The molecule has 26 heavy (non-hydrogen) atoms. The molecule has 2 amide bonds. The lowest BCUT2D eigenvalue weighted by Crippen LogP contribution is -2.43. The lowest BCUT2D eigenvalue weighted by atomic mass is 9.96. The zero-order valence-electron chi connectivity index (χ0n) is 14.7. The zero-order valence-corrected chi connectivity index (χ0v) is 14.7. The minimum atomic E-state index is -0.0871. The smallest absolute Gasteiger partial charge is 0.255 e. The van der Waals surface area contributed by atoms with Crippen LogP contribution in [0.1, 0.15) is 54.9 Å². The molecule has 7 nitrogen and oxygen atoms in total. The number of nitrogens with zero attached hydrogens (tertiary/aromatic N) is 4. The molecule has 2 atom stereocenters. The van der Waals surface area contributed by atoms with E-state index in [0.29, 0.717) is 24.7 Å². The van der Waals surface area contributed by atoms with Crippen LogP contribution in [0.3, 0.4) is 0 Å². The predicted molar refractivity (Wildman–Crippen MR) is 95.6 cm³/mol. The Morgan fingerprint density at radius 1 is 1.12 bits per heavy atom. The number of hydrogen-bond donors (Lipinski definition) is 1. The Labute approximate surface area is 151 Å². The third-order valence-corrected chi connectivity index (χ3v) is 6.13. The Balaban J connectivity index is 1.42. The van der Waals surface area contributed by atoms with Gasteiger partial charge in [0.25, 0.3) is 5.91 Å². The maximum atomic E-state index is 13.0. The van der Waals surface area contributed by atoms with Crippen molar-refractivity contribution in [3.63, 3.8) is 0 Å². The summed E-state index contributed by atoms with van der Waals surface area (Å²) < 4.78 is 2.16. The van der Waals surface area contributed by atoms with Crippen LogP contribution in [0.4, 0.5) is 0 Å². The molecule has 1 aliphatic carbocycles. The standard InChI is InChI=1S/C19H23N5O2/c25-18-12-5-6-14(22-18)10-23(9-12)19(26)13-7-16-17(20-8-13)24(11-21-16)15-3-1-2-4-15/h7-8,11-12,14-15H,1-6,9-10H2,(H,22,25)/t12-,14+/m1/s1. The number of rotatable bonds is 2. The summed E-state index contributed by atoms with van der Waals surface area (Å²) in [6.45, 7) is 1.07. The summed E-state index contributed by atoms with van der Waals surface area (Å²) in [5.41, 5.74) is 2.19. The first-order valence-corrected chi connectivity index (χ1v) is 9.61. The molecule has 6 rings (SSSR count). The molecule has 3 aliphatic heterocycles. The van der Waals surface area contributed by atoms with E-state index in [0.717, 1.165) is 24.0 Å². The van der Waals surface area contributed by atoms with Gasteiger partial charge in [-0.1, -0.05) is 12.8 Å². The number of imidazole rings is 1. The highest BCUT2D eigenvalue weighted by Gasteiger charge is 2.36. The van der Waals surface area contributed by atoms with Crippen molar-refractivity contribution in [2.45, 2.75) is 50.6 Å². The number of fused-ring (bicyclic) bond motifs is 5. The molecule has 7 heteroatoms. The van der Waals surface area contributed by atoms with Gasteiger partial charge in [-0.15, -0.1) is 0 Å². The summed E-state index contributed by atoms with van der Waals surface area (Å²) in [6, 6.07) is 2.40. The van der Waals surface area contributed by atoms with Crippen molar-refractivity contribution in [3.8, 4) is 0 Å². The number of piperidine rings is 1. The molecule has 5 heterocycles. The van der Waals surface area contributed by atoms with E-state index in [4.69, 9.17) is 0 Å². The van der Waals surface area contributed by atoms with Gasteiger partial charge in [0, 0.05) is 31.4 Å². The van der Waals surface area contributed by atoms with Crippen LogP contribution < -0.4 is 5.32 Å². The SMILES string of the molecule is O=C1N[C@H]2CC[C@@H]1CN(C(=O)c1cnc3c(c1)ncn3C1CCCC1)C2. The van der Waals surface area contributed by atoms with Crippen LogP contribution in [0.5, 0.6) is 0 Å². The molecule has 2 aromatic heterocycles. The van der Waals surface area contributed by atoms with Crippen LogP contribution >= 0.6 is 0 Å². The second-order valence-corrected chi connectivity index (χ2v) is 7.85. The third kappa shape index (κ3) is 2.57. The van der Waals surface area contributed by atoms with Crippen molar-refractivity contribution >= 4 is 23.0 Å². The van der Waals surface area contributed by atoms with E-state index in [2.05, 4.69) is 19.9 Å². The highest BCUT2D eigenvalue weighted by atomic mass is 16.2. The van der Waals surface area contributed by atoms with E-state index in [-0.39, 0.29) is 23.8 Å². The summed E-state index contributed by atoms with van der Waals surface area (Å²) >= 11 is 0. The normalized spacial score (nSPS) is 26.3. The highest BCUT2D eigenvalue weighted by Crippen LogP contribution is 2.31. The molecule has 2 bridgehead atoms. The number of carbonyl (C=O) groups excluding carboxylic acids is 2.